The fourth-order valence-electron chi connectivity index (χ4n) is 3.70. The van der Waals surface area contributed by atoms with Gasteiger partial charge in [0.15, 0.2) is 0 Å². The second kappa shape index (κ2) is 7.31. The molecule has 0 aliphatic carbocycles. The molecular weight excluding hydrogens is 340 g/mol. The van der Waals surface area contributed by atoms with Crippen LogP contribution in [-0.2, 0) is 24.8 Å². The Labute approximate surface area is 158 Å². The third kappa shape index (κ3) is 3.47. The van der Waals surface area contributed by atoms with Crippen LogP contribution in [0.25, 0.3) is 11.0 Å². The number of aromatic nitrogens is 2. The summed E-state index contributed by atoms with van der Waals surface area (Å²) in [5, 5.41) is 3.01. The summed E-state index contributed by atoms with van der Waals surface area (Å²) in [6.45, 7) is 1.66. The van der Waals surface area contributed by atoms with Crippen LogP contribution >= 0.6 is 0 Å². The van der Waals surface area contributed by atoms with E-state index in [0.717, 1.165) is 47.7 Å². The third-order valence-corrected chi connectivity index (χ3v) is 5.16. The molecule has 0 radical (unpaired) electrons. The van der Waals surface area contributed by atoms with Gasteiger partial charge < -0.3 is 19.5 Å². The number of carbonyl (C=O) groups is 1. The zero-order valence-corrected chi connectivity index (χ0v) is 15.7. The first-order chi connectivity index (χ1) is 13.2. The Hall–Kier alpha value is -3.02. The molecule has 0 saturated carbocycles. The number of ether oxygens (including phenoxy) is 1. The lowest BCUT2D eigenvalue weighted by Crippen LogP contribution is -2.39. The average Bonchev–Trinajstić information content (AvgIpc) is 3.02. The molecule has 1 aliphatic rings. The van der Waals surface area contributed by atoms with E-state index < -0.39 is 0 Å². The molecule has 6 heteroatoms. The van der Waals surface area contributed by atoms with Gasteiger partial charge in [0.2, 0.25) is 5.91 Å². The number of anilines is 1. The number of hydrogen-bond acceptors (Lipinski definition) is 4. The van der Waals surface area contributed by atoms with E-state index >= 15 is 0 Å². The lowest BCUT2D eigenvalue weighted by atomic mass is 10.0. The molecule has 1 aromatic heterocycles. The van der Waals surface area contributed by atoms with Crippen LogP contribution in [0.3, 0.4) is 0 Å². The maximum absolute atomic E-state index is 12.5. The highest BCUT2D eigenvalue weighted by Crippen LogP contribution is 2.30. The standard InChI is InChI=1S/C21H24N4O2/c1-24-19-8-4-3-7-17(19)23-20(24)13-22-21(26)14-25-11-5-6-15-12-16(27-2)9-10-18(15)25/h3-4,7-10,12H,5-6,11,13-14H2,1-2H3,(H,22,26). The maximum Gasteiger partial charge on any atom is 0.239 e. The van der Waals surface area contributed by atoms with E-state index in [-0.39, 0.29) is 5.91 Å². The van der Waals surface area contributed by atoms with Gasteiger partial charge in [-0.2, -0.15) is 0 Å². The summed E-state index contributed by atoms with van der Waals surface area (Å²) >= 11 is 0. The zero-order valence-electron chi connectivity index (χ0n) is 15.7. The van der Waals surface area contributed by atoms with Gasteiger partial charge in [-0.3, -0.25) is 4.79 Å². The Bertz CT molecular complexity index is 979. The molecule has 1 amide bonds. The fourth-order valence-corrected chi connectivity index (χ4v) is 3.70. The second-order valence-corrected chi connectivity index (χ2v) is 6.87. The minimum Gasteiger partial charge on any atom is -0.497 e. The molecule has 2 heterocycles. The first-order valence-electron chi connectivity index (χ1n) is 9.24. The number of fused-ring (bicyclic) bond motifs is 2. The Morgan fingerprint density at radius 1 is 1.26 bits per heavy atom. The lowest BCUT2D eigenvalue weighted by molar-refractivity contribution is -0.120. The average molecular weight is 364 g/mol. The molecule has 0 fully saturated rings. The monoisotopic (exact) mass is 364 g/mol. The molecule has 0 spiro atoms. The normalized spacial score (nSPS) is 13.5. The van der Waals surface area contributed by atoms with Crippen molar-refractivity contribution in [3.8, 4) is 5.75 Å². The number of para-hydroxylation sites is 2. The number of methoxy groups -OCH3 is 1. The number of aryl methyl sites for hydroxylation is 2. The number of carbonyl (C=O) groups excluding carboxylic acids is 1. The van der Waals surface area contributed by atoms with Crippen LogP contribution in [0.4, 0.5) is 5.69 Å². The van der Waals surface area contributed by atoms with Crippen LogP contribution in [0.15, 0.2) is 42.5 Å². The molecule has 6 nitrogen and oxygen atoms in total. The van der Waals surface area contributed by atoms with Gasteiger partial charge in [-0.1, -0.05) is 12.1 Å². The van der Waals surface area contributed by atoms with Gasteiger partial charge in [0.25, 0.3) is 0 Å². The first-order valence-corrected chi connectivity index (χ1v) is 9.24. The summed E-state index contributed by atoms with van der Waals surface area (Å²) in [6, 6.07) is 14.1. The summed E-state index contributed by atoms with van der Waals surface area (Å²) in [5.74, 6) is 1.72. The summed E-state index contributed by atoms with van der Waals surface area (Å²) in [7, 11) is 3.65. The predicted octanol–water partition coefficient (Wildman–Crippen LogP) is 2.65. The zero-order chi connectivity index (χ0) is 18.8. The number of benzene rings is 2. The van der Waals surface area contributed by atoms with E-state index in [2.05, 4.69) is 21.3 Å². The van der Waals surface area contributed by atoms with Gasteiger partial charge >= 0.3 is 0 Å². The van der Waals surface area contributed by atoms with Crippen molar-refractivity contribution in [2.45, 2.75) is 19.4 Å². The number of amides is 1. The highest BCUT2D eigenvalue weighted by atomic mass is 16.5. The molecule has 0 saturated heterocycles. The van der Waals surface area contributed by atoms with E-state index in [4.69, 9.17) is 4.74 Å². The number of hydrogen-bond donors (Lipinski definition) is 1. The van der Waals surface area contributed by atoms with Crippen LogP contribution in [0.1, 0.15) is 17.8 Å². The van der Waals surface area contributed by atoms with Gasteiger partial charge in [0, 0.05) is 19.3 Å². The number of rotatable bonds is 5. The maximum atomic E-state index is 12.5. The summed E-state index contributed by atoms with van der Waals surface area (Å²) in [4.78, 5) is 19.3. The molecule has 140 valence electrons. The van der Waals surface area contributed by atoms with Crippen LogP contribution in [-0.4, -0.2) is 35.7 Å². The lowest BCUT2D eigenvalue weighted by Gasteiger charge is -2.31. The Balaban J connectivity index is 1.42. The first kappa shape index (κ1) is 17.4. The summed E-state index contributed by atoms with van der Waals surface area (Å²) in [6.07, 6.45) is 2.06. The van der Waals surface area contributed by atoms with Crippen molar-refractivity contribution >= 4 is 22.6 Å². The third-order valence-electron chi connectivity index (χ3n) is 5.16. The van der Waals surface area contributed by atoms with Crippen LogP contribution in [0.5, 0.6) is 5.75 Å². The SMILES string of the molecule is COc1ccc2c(c1)CCCN2CC(=O)NCc1nc2ccccc2n1C. The van der Waals surface area contributed by atoms with Crippen molar-refractivity contribution in [3.63, 3.8) is 0 Å². The van der Waals surface area contributed by atoms with E-state index in [1.165, 1.54) is 5.56 Å². The molecule has 3 aromatic rings. The van der Waals surface area contributed by atoms with Crippen molar-refractivity contribution in [2.24, 2.45) is 7.05 Å². The van der Waals surface area contributed by atoms with Crippen molar-refractivity contribution in [1.29, 1.82) is 0 Å². The molecule has 27 heavy (non-hydrogen) atoms. The van der Waals surface area contributed by atoms with Crippen molar-refractivity contribution in [1.82, 2.24) is 14.9 Å². The summed E-state index contributed by atoms with van der Waals surface area (Å²) in [5.41, 5.74) is 4.38. The molecule has 1 N–H and O–H groups in total. The van der Waals surface area contributed by atoms with Gasteiger partial charge in [-0.15, -0.1) is 0 Å². The minimum atomic E-state index is 0.00530. The smallest absolute Gasteiger partial charge is 0.239 e. The van der Waals surface area contributed by atoms with Crippen LogP contribution < -0.4 is 15.0 Å². The molecule has 0 bridgehead atoms. The largest absolute Gasteiger partial charge is 0.497 e. The molecule has 2 aromatic carbocycles. The second-order valence-electron chi connectivity index (χ2n) is 6.87. The molecule has 1 aliphatic heterocycles. The fraction of sp³-hybridized carbons (Fsp3) is 0.333. The van der Waals surface area contributed by atoms with E-state index in [0.29, 0.717) is 13.1 Å². The van der Waals surface area contributed by atoms with Gasteiger partial charge in [-0.05, 0) is 48.7 Å². The van der Waals surface area contributed by atoms with Crippen LogP contribution in [0, 0.1) is 0 Å². The van der Waals surface area contributed by atoms with Gasteiger partial charge in [-0.25, -0.2) is 4.98 Å². The highest BCUT2D eigenvalue weighted by Gasteiger charge is 2.20. The van der Waals surface area contributed by atoms with Gasteiger partial charge in [0.1, 0.15) is 11.6 Å². The molecule has 0 unspecified atom stereocenters. The van der Waals surface area contributed by atoms with E-state index in [1.807, 2.05) is 48.0 Å². The van der Waals surface area contributed by atoms with Crippen molar-refractivity contribution < 1.29 is 9.53 Å². The number of nitrogens with zero attached hydrogens (tertiary/aromatic N) is 3. The highest BCUT2D eigenvalue weighted by molar-refractivity contribution is 5.82. The predicted molar refractivity (Wildman–Crippen MR) is 106 cm³/mol. The number of nitrogens with one attached hydrogen (secondary N) is 1. The topological polar surface area (TPSA) is 59.4 Å². The van der Waals surface area contributed by atoms with Gasteiger partial charge in [0.05, 0.1) is 31.2 Å². The Kier molecular flexibility index (Phi) is 4.71. The molecular formula is C21H24N4O2. The molecule has 0 atom stereocenters. The van der Waals surface area contributed by atoms with Crippen LogP contribution in [0.2, 0.25) is 0 Å². The quantitative estimate of drug-likeness (QED) is 0.756. The Morgan fingerprint density at radius 2 is 2.11 bits per heavy atom. The molecule has 4 rings (SSSR count). The minimum absolute atomic E-state index is 0.00530. The van der Waals surface area contributed by atoms with Crippen molar-refractivity contribution in [3.05, 3.63) is 53.9 Å². The number of imidazole rings is 1. The Morgan fingerprint density at radius 3 is 2.93 bits per heavy atom. The van der Waals surface area contributed by atoms with E-state index in [1.54, 1.807) is 7.11 Å². The van der Waals surface area contributed by atoms with Crippen molar-refractivity contribution in [2.75, 3.05) is 25.1 Å². The summed E-state index contributed by atoms with van der Waals surface area (Å²) < 4.78 is 7.34. The van der Waals surface area contributed by atoms with E-state index in [9.17, 15) is 4.79 Å².